The number of nitrogens with one attached hydrogen (secondary N) is 3. The van der Waals surface area contributed by atoms with Crippen LogP contribution in [0.15, 0.2) is 10.6 Å². The van der Waals surface area contributed by atoms with Gasteiger partial charge in [0.2, 0.25) is 11.8 Å². The van der Waals surface area contributed by atoms with Crippen LogP contribution in [0.3, 0.4) is 0 Å². The predicted molar refractivity (Wildman–Crippen MR) is 124 cm³/mol. The highest BCUT2D eigenvalue weighted by Crippen LogP contribution is 2.29. The summed E-state index contributed by atoms with van der Waals surface area (Å²) in [7, 11) is 1.38. The Kier molecular flexibility index (Phi) is 12.0. The molecule has 1 saturated heterocycles. The van der Waals surface area contributed by atoms with E-state index in [1.807, 2.05) is 13.8 Å². The first-order valence-corrected chi connectivity index (χ1v) is 11.3. The van der Waals surface area contributed by atoms with Crippen LogP contribution in [0.5, 0.6) is 0 Å². The van der Waals surface area contributed by atoms with Crippen molar-refractivity contribution in [2.24, 2.45) is 5.92 Å². The third-order valence-electron chi connectivity index (χ3n) is 5.02. The molecule has 3 amide bonds. The summed E-state index contributed by atoms with van der Waals surface area (Å²) >= 11 is 0. The first-order valence-electron chi connectivity index (χ1n) is 11.3. The van der Waals surface area contributed by atoms with Gasteiger partial charge in [-0.15, -0.1) is 0 Å². The van der Waals surface area contributed by atoms with E-state index in [2.05, 4.69) is 21.1 Å². The fourth-order valence-electron chi connectivity index (χ4n) is 2.98. The highest BCUT2D eigenvalue weighted by Gasteiger charge is 2.49. The number of nitrogens with zero attached hydrogens (tertiary/aromatic N) is 2. The van der Waals surface area contributed by atoms with Crippen molar-refractivity contribution in [3.8, 4) is 6.07 Å². The number of aromatic nitrogens is 1. The van der Waals surface area contributed by atoms with E-state index < -0.39 is 35.4 Å². The van der Waals surface area contributed by atoms with E-state index in [1.165, 1.54) is 20.1 Å². The summed E-state index contributed by atoms with van der Waals surface area (Å²) in [5.74, 6) is -1.10. The van der Waals surface area contributed by atoms with Crippen molar-refractivity contribution in [2.45, 2.75) is 65.1 Å². The molecule has 12 nitrogen and oxygen atoms in total. The van der Waals surface area contributed by atoms with Gasteiger partial charge in [-0.05, 0) is 32.6 Å². The van der Waals surface area contributed by atoms with Crippen LogP contribution >= 0.6 is 0 Å². The zero-order chi connectivity index (χ0) is 26.6. The van der Waals surface area contributed by atoms with Gasteiger partial charge in [-0.3, -0.25) is 19.2 Å². The van der Waals surface area contributed by atoms with E-state index >= 15 is 0 Å². The summed E-state index contributed by atoms with van der Waals surface area (Å²) in [5.41, 5.74) is -0.831. The molecule has 1 aromatic heterocycles. The van der Waals surface area contributed by atoms with Gasteiger partial charge < -0.3 is 29.9 Å². The van der Waals surface area contributed by atoms with Gasteiger partial charge in [0.15, 0.2) is 11.5 Å². The number of amides is 3. The number of carbonyl (C=O) groups excluding carboxylic acids is 4. The lowest BCUT2D eigenvalue weighted by atomic mass is 9.94. The van der Waals surface area contributed by atoms with Gasteiger partial charge in [0.1, 0.15) is 17.4 Å². The molecule has 2 rings (SSSR count). The third kappa shape index (κ3) is 10.2. The molecule has 0 bridgehead atoms. The molecule has 3 N–H and O–H groups in total. The maximum Gasteiger partial charge on any atom is 0.274 e. The number of ether oxygens (including phenoxy) is 2. The fraction of sp³-hybridized carbons (Fsp3) is 0.652. The van der Waals surface area contributed by atoms with Gasteiger partial charge in [-0.2, -0.15) is 5.26 Å². The van der Waals surface area contributed by atoms with Crippen molar-refractivity contribution >= 4 is 23.5 Å². The zero-order valence-corrected chi connectivity index (χ0v) is 21.1. The second kappa shape index (κ2) is 14.2. The Labute approximate surface area is 205 Å². The normalized spacial score (nSPS) is 17.8. The van der Waals surface area contributed by atoms with E-state index in [4.69, 9.17) is 19.3 Å². The van der Waals surface area contributed by atoms with E-state index in [0.29, 0.717) is 24.7 Å². The van der Waals surface area contributed by atoms with Crippen LogP contribution in [-0.4, -0.2) is 73.2 Å². The summed E-state index contributed by atoms with van der Waals surface area (Å²) in [6.07, 6.45) is 1.23. The number of Topliss-reactive ketones (excluding diaryl/α,β-unsaturated/α-hetero) is 1. The maximum absolute atomic E-state index is 12.7. The number of hydrogen-bond donors (Lipinski definition) is 3. The lowest BCUT2D eigenvalue weighted by molar-refractivity contribution is -0.131. The largest absolute Gasteiger partial charge is 0.382 e. The number of aryl methyl sites for hydroxylation is 1. The molecule has 2 heterocycles. The Morgan fingerprint density at radius 2 is 1.86 bits per heavy atom. The number of rotatable bonds is 13. The van der Waals surface area contributed by atoms with Crippen LogP contribution in [-0.2, 0) is 23.9 Å². The maximum atomic E-state index is 12.7. The smallest absolute Gasteiger partial charge is 0.274 e. The fourth-order valence-corrected chi connectivity index (χ4v) is 2.98. The Morgan fingerprint density at radius 1 is 1.23 bits per heavy atom. The lowest BCUT2D eigenvalue weighted by Gasteiger charge is -2.21. The molecule has 0 saturated carbocycles. The number of nitriles is 1. The second-order valence-corrected chi connectivity index (χ2v) is 8.72. The lowest BCUT2D eigenvalue weighted by Crippen LogP contribution is -2.53. The second-order valence-electron chi connectivity index (χ2n) is 8.72. The SMILES string of the molecule is CC#N.COC[C@H](NC(=O)c1cc(C)on1)C(=O)NCC(=O)N[C@@H](CCC(C)C)C(=O)C1(C)CO1. The summed E-state index contributed by atoms with van der Waals surface area (Å²) in [5, 5.41) is 18.6. The average molecular weight is 494 g/mol. The van der Waals surface area contributed by atoms with Crippen molar-refractivity contribution in [3.63, 3.8) is 0 Å². The van der Waals surface area contributed by atoms with Crippen LogP contribution in [0.4, 0.5) is 0 Å². The van der Waals surface area contributed by atoms with Crippen LogP contribution in [0.2, 0.25) is 0 Å². The third-order valence-corrected chi connectivity index (χ3v) is 5.02. The van der Waals surface area contributed by atoms with E-state index in [0.717, 1.165) is 6.42 Å². The summed E-state index contributed by atoms with van der Waals surface area (Å²) < 4.78 is 15.1. The molecule has 194 valence electrons. The molecule has 35 heavy (non-hydrogen) atoms. The van der Waals surface area contributed by atoms with Gasteiger partial charge in [-0.1, -0.05) is 19.0 Å². The Hall–Kier alpha value is -3.30. The Balaban J connectivity index is 0.00000194. The molecule has 1 aliphatic rings. The molecule has 12 heteroatoms. The summed E-state index contributed by atoms with van der Waals surface area (Å²) in [4.78, 5) is 49.8. The number of epoxide rings is 1. The minimum Gasteiger partial charge on any atom is -0.382 e. The van der Waals surface area contributed by atoms with Gasteiger partial charge in [0, 0.05) is 20.1 Å². The summed E-state index contributed by atoms with van der Waals surface area (Å²) in [6, 6.07) is 1.44. The minimum absolute atomic E-state index is 0.0245. The minimum atomic E-state index is -1.05. The average Bonchev–Trinajstić information content (AvgIpc) is 3.40. The van der Waals surface area contributed by atoms with Crippen molar-refractivity contribution in [2.75, 3.05) is 26.9 Å². The van der Waals surface area contributed by atoms with Crippen molar-refractivity contribution in [1.82, 2.24) is 21.1 Å². The van der Waals surface area contributed by atoms with E-state index in [-0.39, 0.29) is 24.6 Å². The van der Waals surface area contributed by atoms with Gasteiger partial charge >= 0.3 is 0 Å². The number of hydrogen-bond acceptors (Lipinski definition) is 9. The van der Waals surface area contributed by atoms with Crippen LogP contribution < -0.4 is 16.0 Å². The number of ketones is 1. The predicted octanol–water partition coefficient (Wildman–Crippen LogP) is 0.653. The van der Waals surface area contributed by atoms with Gasteiger partial charge in [-0.25, -0.2) is 0 Å². The van der Waals surface area contributed by atoms with E-state index in [1.54, 1.807) is 19.9 Å². The quantitative estimate of drug-likeness (QED) is 0.333. The number of methoxy groups -OCH3 is 1. The molecule has 0 spiro atoms. The molecular weight excluding hydrogens is 458 g/mol. The molecule has 1 unspecified atom stereocenters. The molecule has 0 aliphatic carbocycles. The first kappa shape index (κ1) is 29.7. The highest BCUT2D eigenvalue weighted by atomic mass is 16.6. The van der Waals surface area contributed by atoms with Crippen LogP contribution in [0.1, 0.15) is 56.8 Å². The molecule has 1 fully saturated rings. The molecule has 0 radical (unpaired) electrons. The Bertz CT molecular complexity index is 918. The van der Waals surface area contributed by atoms with Crippen LogP contribution in [0.25, 0.3) is 0 Å². The highest BCUT2D eigenvalue weighted by molar-refractivity contribution is 5.98. The van der Waals surface area contributed by atoms with Gasteiger partial charge in [0.25, 0.3) is 5.91 Å². The molecular formula is C23H35N5O7. The van der Waals surface area contributed by atoms with Crippen molar-refractivity contribution in [3.05, 3.63) is 17.5 Å². The van der Waals surface area contributed by atoms with E-state index in [9.17, 15) is 19.2 Å². The monoisotopic (exact) mass is 493 g/mol. The molecule has 0 aromatic carbocycles. The standard InChI is InChI=1S/C21H32N4O7.C2H3N/c1-12(2)6-7-14(18(27)21(4)11-31-21)23-17(26)9-22-19(28)16(10-30-5)24-20(29)15-8-13(3)32-25-15;1-2-3/h8,12,14,16H,6-7,9-11H2,1-5H3,(H,22,28)(H,23,26)(H,24,29);1H3/t14-,16-,21?;/m0./s1. The van der Waals surface area contributed by atoms with Crippen molar-refractivity contribution < 1.29 is 33.2 Å². The Morgan fingerprint density at radius 3 is 2.34 bits per heavy atom. The first-order chi connectivity index (χ1) is 16.5. The summed E-state index contributed by atoms with van der Waals surface area (Å²) in [6.45, 7) is 8.69. The molecule has 3 atom stereocenters. The topological polar surface area (TPSA) is 176 Å². The molecule has 1 aromatic rings. The molecule has 1 aliphatic heterocycles. The van der Waals surface area contributed by atoms with Crippen LogP contribution in [0, 0.1) is 24.2 Å². The van der Waals surface area contributed by atoms with Gasteiger partial charge in [0.05, 0.1) is 31.9 Å². The zero-order valence-electron chi connectivity index (χ0n) is 21.1. The number of carbonyl (C=O) groups is 4. The van der Waals surface area contributed by atoms with Crippen molar-refractivity contribution in [1.29, 1.82) is 5.26 Å².